The summed E-state index contributed by atoms with van der Waals surface area (Å²) in [5.41, 5.74) is 0.651. The molecule has 0 aliphatic heterocycles. The smallest absolute Gasteiger partial charge is 0.328 e. The number of carbonyl (C=O) groups is 2. The molecule has 0 aliphatic carbocycles. The first kappa shape index (κ1) is 13.0. The van der Waals surface area contributed by atoms with Crippen molar-refractivity contribution in [3.05, 3.63) is 18.0 Å². The highest BCUT2D eigenvalue weighted by Gasteiger charge is 2.18. The van der Waals surface area contributed by atoms with E-state index < -0.39 is 24.6 Å². The van der Waals surface area contributed by atoms with Crippen LogP contribution in [0.5, 0.6) is 0 Å². The van der Waals surface area contributed by atoms with E-state index in [9.17, 15) is 9.59 Å². The van der Waals surface area contributed by atoms with Gasteiger partial charge in [0.15, 0.2) is 6.04 Å². The van der Waals surface area contributed by atoms with Crippen molar-refractivity contribution in [1.29, 1.82) is 0 Å². The number of aryl methyl sites for hydroxylation is 1. The number of nitrogens with zero attached hydrogens (tertiary/aromatic N) is 2. The summed E-state index contributed by atoms with van der Waals surface area (Å²) in [7, 11) is 1.75. The molecule has 2 amide bonds. The summed E-state index contributed by atoms with van der Waals surface area (Å²) in [4.78, 5) is 21.8. The average molecular weight is 242 g/mol. The summed E-state index contributed by atoms with van der Waals surface area (Å²) < 4.78 is 1.59. The molecule has 8 nitrogen and oxygen atoms in total. The fourth-order valence-electron chi connectivity index (χ4n) is 1.12. The van der Waals surface area contributed by atoms with Crippen molar-refractivity contribution in [2.24, 2.45) is 7.05 Å². The average Bonchev–Trinajstić information content (AvgIpc) is 2.68. The van der Waals surface area contributed by atoms with Crippen molar-refractivity contribution in [3.8, 4) is 0 Å². The lowest BCUT2D eigenvalue weighted by atomic mass is 10.3. The molecule has 1 rings (SSSR count). The molecule has 1 heterocycles. The topological polar surface area (TPSA) is 116 Å². The Bertz CT molecular complexity index is 403. The molecule has 8 heteroatoms. The highest BCUT2D eigenvalue weighted by molar-refractivity contribution is 5.82. The highest BCUT2D eigenvalue weighted by atomic mass is 16.4. The maximum atomic E-state index is 11.3. The quantitative estimate of drug-likeness (QED) is 0.510. The van der Waals surface area contributed by atoms with E-state index in [1.54, 1.807) is 24.0 Å². The Labute approximate surface area is 97.2 Å². The molecule has 0 unspecified atom stereocenters. The summed E-state index contributed by atoms with van der Waals surface area (Å²) >= 11 is 0. The fraction of sp³-hybridized carbons (Fsp3) is 0.444. The minimum Gasteiger partial charge on any atom is -0.480 e. The Morgan fingerprint density at radius 3 is 2.76 bits per heavy atom. The predicted molar refractivity (Wildman–Crippen MR) is 57.1 cm³/mol. The summed E-state index contributed by atoms with van der Waals surface area (Å²) in [6, 6.07) is -0.253. The van der Waals surface area contributed by atoms with Gasteiger partial charge in [0.25, 0.3) is 0 Å². The number of aliphatic carboxylic acids is 1. The third-order valence-electron chi connectivity index (χ3n) is 1.98. The number of amides is 2. The van der Waals surface area contributed by atoms with E-state index in [1.165, 1.54) is 0 Å². The largest absolute Gasteiger partial charge is 0.480 e. The zero-order chi connectivity index (χ0) is 12.8. The summed E-state index contributed by atoms with van der Waals surface area (Å²) in [5.74, 6) is -1.29. The van der Waals surface area contributed by atoms with Crippen molar-refractivity contribution in [2.75, 3.05) is 6.61 Å². The van der Waals surface area contributed by atoms with Gasteiger partial charge < -0.3 is 20.8 Å². The van der Waals surface area contributed by atoms with E-state index in [4.69, 9.17) is 10.2 Å². The van der Waals surface area contributed by atoms with Crippen LogP contribution >= 0.6 is 0 Å². The molecule has 1 aromatic heterocycles. The zero-order valence-corrected chi connectivity index (χ0v) is 9.25. The number of carbonyl (C=O) groups excluding carboxylic acids is 1. The molecule has 1 atom stereocenters. The van der Waals surface area contributed by atoms with Gasteiger partial charge in [-0.2, -0.15) is 5.10 Å². The first-order valence-electron chi connectivity index (χ1n) is 4.89. The van der Waals surface area contributed by atoms with Crippen molar-refractivity contribution in [3.63, 3.8) is 0 Å². The van der Waals surface area contributed by atoms with Gasteiger partial charge in [0.2, 0.25) is 0 Å². The molecule has 0 aromatic carbocycles. The predicted octanol–water partition coefficient (Wildman–Crippen LogP) is -1.34. The maximum absolute atomic E-state index is 11.3. The van der Waals surface area contributed by atoms with E-state index in [0.29, 0.717) is 5.69 Å². The van der Waals surface area contributed by atoms with E-state index >= 15 is 0 Å². The van der Waals surface area contributed by atoms with Crippen LogP contribution < -0.4 is 10.6 Å². The molecule has 0 aliphatic rings. The minimum atomic E-state index is -1.31. The second-order valence-electron chi connectivity index (χ2n) is 3.38. The van der Waals surface area contributed by atoms with Crippen LogP contribution in [0.3, 0.4) is 0 Å². The second kappa shape index (κ2) is 5.85. The lowest BCUT2D eigenvalue weighted by Gasteiger charge is -2.11. The summed E-state index contributed by atoms with van der Waals surface area (Å²) in [6.07, 6.45) is 1.72. The first-order valence-corrected chi connectivity index (χ1v) is 4.89. The van der Waals surface area contributed by atoms with Crippen molar-refractivity contribution >= 4 is 12.0 Å². The molecule has 17 heavy (non-hydrogen) atoms. The van der Waals surface area contributed by atoms with Gasteiger partial charge in [-0.05, 0) is 6.07 Å². The Morgan fingerprint density at radius 1 is 1.59 bits per heavy atom. The van der Waals surface area contributed by atoms with Crippen LogP contribution in [0.2, 0.25) is 0 Å². The minimum absolute atomic E-state index is 0.185. The van der Waals surface area contributed by atoms with Gasteiger partial charge >= 0.3 is 12.0 Å². The van der Waals surface area contributed by atoms with Gasteiger partial charge in [0, 0.05) is 13.2 Å². The number of aromatic nitrogens is 2. The van der Waals surface area contributed by atoms with Crippen molar-refractivity contribution in [2.45, 2.75) is 12.6 Å². The molecule has 0 fully saturated rings. The number of aliphatic hydroxyl groups excluding tert-OH is 1. The van der Waals surface area contributed by atoms with Crippen LogP contribution in [0.4, 0.5) is 4.79 Å². The number of rotatable bonds is 5. The molecular formula is C9H14N4O4. The van der Waals surface area contributed by atoms with Crippen LogP contribution in [0.25, 0.3) is 0 Å². The standard InChI is InChI=1S/C9H14N4O4/c1-13-3-2-6(12-13)4-10-9(17)11-7(5-14)8(15)16/h2-3,7,14H,4-5H2,1H3,(H,15,16)(H2,10,11,17)/t7-/m1/s1. The Kier molecular flexibility index (Phi) is 4.46. The Balaban J connectivity index is 2.37. The molecule has 0 saturated carbocycles. The highest BCUT2D eigenvalue weighted by Crippen LogP contribution is 1.92. The lowest BCUT2D eigenvalue weighted by molar-refractivity contribution is -0.140. The van der Waals surface area contributed by atoms with E-state index in [1.807, 2.05) is 0 Å². The van der Waals surface area contributed by atoms with Crippen LogP contribution in [0.1, 0.15) is 5.69 Å². The molecule has 94 valence electrons. The van der Waals surface area contributed by atoms with E-state index in [-0.39, 0.29) is 6.54 Å². The van der Waals surface area contributed by atoms with Crippen LogP contribution in [0.15, 0.2) is 12.3 Å². The van der Waals surface area contributed by atoms with Crippen molar-refractivity contribution in [1.82, 2.24) is 20.4 Å². The molecule has 1 aromatic rings. The van der Waals surface area contributed by atoms with Crippen molar-refractivity contribution < 1.29 is 19.8 Å². The molecule has 0 radical (unpaired) electrons. The maximum Gasteiger partial charge on any atom is 0.328 e. The Hall–Kier alpha value is -2.09. The molecule has 4 N–H and O–H groups in total. The SMILES string of the molecule is Cn1ccc(CNC(=O)N[C@H](CO)C(=O)O)n1. The normalized spacial score (nSPS) is 11.9. The zero-order valence-electron chi connectivity index (χ0n) is 9.25. The number of aliphatic hydroxyl groups is 1. The number of hydrogen-bond donors (Lipinski definition) is 4. The third kappa shape index (κ3) is 4.11. The van der Waals surface area contributed by atoms with E-state index in [2.05, 4.69) is 15.7 Å². The van der Waals surface area contributed by atoms with Crippen LogP contribution in [0, 0.1) is 0 Å². The number of carboxylic acid groups (broad SMARTS) is 1. The fourth-order valence-corrected chi connectivity index (χ4v) is 1.12. The second-order valence-corrected chi connectivity index (χ2v) is 3.38. The number of urea groups is 1. The van der Waals surface area contributed by atoms with Gasteiger partial charge in [-0.1, -0.05) is 0 Å². The molecule has 0 bridgehead atoms. The molecule has 0 spiro atoms. The number of hydrogen-bond acceptors (Lipinski definition) is 4. The van der Waals surface area contributed by atoms with E-state index in [0.717, 1.165) is 0 Å². The molecule has 0 saturated heterocycles. The number of nitrogens with one attached hydrogen (secondary N) is 2. The van der Waals surface area contributed by atoms with Gasteiger partial charge in [-0.15, -0.1) is 0 Å². The van der Waals surface area contributed by atoms with Gasteiger partial charge in [0.05, 0.1) is 18.8 Å². The summed E-state index contributed by atoms with van der Waals surface area (Å²) in [6.45, 7) is -0.475. The summed E-state index contributed by atoms with van der Waals surface area (Å²) in [5, 5.41) is 25.9. The van der Waals surface area contributed by atoms with Gasteiger partial charge in [-0.3, -0.25) is 4.68 Å². The lowest BCUT2D eigenvalue weighted by Crippen LogP contribution is -2.47. The van der Waals surface area contributed by atoms with Crippen LogP contribution in [-0.4, -0.2) is 44.6 Å². The van der Waals surface area contributed by atoms with Gasteiger partial charge in [0.1, 0.15) is 0 Å². The molecular weight excluding hydrogens is 228 g/mol. The monoisotopic (exact) mass is 242 g/mol. The first-order chi connectivity index (χ1) is 8.02. The number of carboxylic acids is 1. The Morgan fingerprint density at radius 2 is 2.29 bits per heavy atom. The third-order valence-corrected chi connectivity index (χ3v) is 1.98. The van der Waals surface area contributed by atoms with Crippen LogP contribution in [-0.2, 0) is 18.4 Å². The van der Waals surface area contributed by atoms with Gasteiger partial charge in [-0.25, -0.2) is 9.59 Å².